The smallest absolute Gasteiger partial charge is 0.269 e. The molecule has 0 unspecified atom stereocenters. The number of anilines is 1. The molecule has 4 nitrogen and oxygen atoms in total. The molecule has 0 fully saturated rings. The summed E-state index contributed by atoms with van der Waals surface area (Å²) < 4.78 is 27.1. The fourth-order valence-corrected chi connectivity index (χ4v) is 4.50. The first-order valence-corrected chi connectivity index (χ1v) is 9.70. The zero-order valence-electron chi connectivity index (χ0n) is 14.1. The van der Waals surface area contributed by atoms with Gasteiger partial charge in [-0.05, 0) is 18.6 Å². The molecule has 0 spiro atoms. The third kappa shape index (κ3) is 3.72. The van der Waals surface area contributed by atoms with Gasteiger partial charge in [-0.2, -0.15) is 0 Å². The van der Waals surface area contributed by atoms with Crippen molar-refractivity contribution in [2.45, 2.75) is 13.3 Å². The van der Waals surface area contributed by atoms with Gasteiger partial charge in [-0.25, -0.2) is 18.7 Å². The fraction of sp³-hybridized carbons (Fsp3) is 0.105. The van der Waals surface area contributed by atoms with E-state index in [-0.39, 0.29) is 11.0 Å². The molecule has 0 atom stereocenters. The van der Waals surface area contributed by atoms with Gasteiger partial charge in [0.05, 0.1) is 20.9 Å². The van der Waals surface area contributed by atoms with E-state index in [0.717, 1.165) is 34.0 Å². The molecule has 0 saturated heterocycles. The molecule has 0 aliphatic rings. The Morgan fingerprint density at radius 3 is 2.59 bits per heavy atom. The largest absolute Gasteiger partial charge is 0.297 e. The third-order valence-corrected chi connectivity index (χ3v) is 5.99. The number of rotatable bonds is 4. The van der Waals surface area contributed by atoms with Crippen LogP contribution < -0.4 is 5.32 Å². The number of aromatic nitrogens is 2. The van der Waals surface area contributed by atoms with Crippen LogP contribution in [-0.2, 0) is 6.42 Å². The Labute approximate surface area is 161 Å². The van der Waals surface area contributed by atoms with Gasteiger partial charge in [-0.3, -0.25) is 10.1 Å². The van der Waals surface area contributed by atoms with Crippen molar-refractivity contribution in [3.63, 3.8) is 0 Å². The average molecular weight is 401 g/mol. The van der Waals surface area contributed by atoms with Crippen molar-refractivity contribution in [1.82, 2.24) is 9.97 Å². The van der Waals surface area contributed by atoms with Crippen LogP contribution in [0.25, 0.3) is 10.2 Å². The highest BCUT2D eigenvalue weighted by Gasteiger charge is 2.18. The fourth-order valence-electron chi connectivity index (χ4n) is 2.64. The van der Waals surface area contributed by atoms with Crippen molar-refractivity contribution in [2.75, 3.05) is 5.32 Å². The maximum Gasteiger partial charge on any atom is 0.269 e. The Bertz CT molecular complexity index is 1100. The van der Waals surface area contributed by atoms with E-state index in [1.54, 1.807) is 6.92 Å². The van der Waals surface area contributed by atoms with Crippen LogP contribution in [0.4, 0.5) is 13.9 Å². The second kappa shape index (κ2) is 7.13. The van der Waals surface area contributed by atoms with Crippen molar-refractivity contribution in [3.8, 4) is 0 Å². The molecule has 136 valence electrons. The summed E-state index contributed by atoms with van der Waals surface area (Å²) in [6, 6.07) is 12.0. The van der Waals surface area contributed by atoms with Crippen molar-refractivity contribution in [3.05, 3.63) is 75.2 Å². The first kappa shape index (κ1) is 17.7. The molecule has 0 saturated carbocycles. The number of carbonyl (C=O) groups excluding carboxylic acids is 1. The van der Waals surface area contributed by atoms with Crippen molar-refractivity contribution < 1.29 is 13.6 Å². The Balaban J connectivity index is 1.54. The first-order valence-electron chi connectivity index (χ1n) is 8.07. The molecule has 1 amide bonds. The first-order chi connectivity index (χ1) is 13.0. The van der Waals surface area contributed by atoms with Gasteiger partial charge < -0.3 is 0 Å². The van der Waals surface area contributed by atoms with Gasteiger partial charge in [0.2, 0.25) is 0 Å². The van der Waals surface area contributed by atoms with Crippen LogP contribution in [0, 0.1) is 18.6 Å². The van der Waals surface area contributed by atoms with Crippen molar-refractivity contribution >= 4 is 43.9 Å². The molecule has 27 heavy (non-hydrogen) atoms. The molecule has 2 aromatic heterocycles. The summed E-state index contributed by atoms with van der Waals surface area (Å²) in [7, 11) is 0. The standard InChI is InChI=1S/C19H13F2N3OS2/c1-10-17(27-16(22-10)7-11-5-3-2-4-6-11)18(25)24-19-23-14-8-12(20)13(21)9-15(14)26-19/h2-6,8-9H,7H2,1H3,(H,23,24,25). The number of aryl methyl sites for hydroxylation is 1. The lowest BCUT2D eigenvalue weighted by Crippen LogP contribution is -2.11. The molecule has 4 rings (SSSR count). The van der Waals surface area contributed by atoms with Crippen molar-refractivity contribution in [2.24, 2.45) is 0 Å². The number of hydrogen-bond donors (Lipinski definition) is 1. The van der Waals surface area contributed by atoms with E-state index in [0.29, 0.717) is 27.2 Å². The molecule has 1 N–H and O–H groups in total. The van der Waals surface area contributed by atoms with Crippen LogP contribution in [0.15, 0.2) is 42.5 Å². The van der Waals surface area contributed by atoms with Gasteiger partial charge in [-0.1, -0.05) is 41.7 Å². The Kier molecular flexibility index (Phi) is 4.67. The van der Waals surface area contributed by atoms with Gasteiger partial charge in [0.15, 0.2) is 16.8 Å². The number of hydrogen-bond acceptors (Lipinski definition) is 5. The highest BCUT2D eigenvalue weighted by molar-refractivity contribution is 7.22. The number of carbonyl (C=O) groups is 1. The zero-order chi connectivity index (χ0) is 19.0. The van der Waals surface area contributed by atoms with Crippen LogP contribution in [0.3, 0.4) is 0 Å². The summed E-state index contributed by atoms with van der Waals surface area (Å²) in [5, 5.41) is 3.83. The number of fused-ring (bicyclic) bond motifs is 1. The quantitative estimate of drug-likeness (QED) is 0.512. The van der Waals surface area contributed by atoms with E-state index in [9.17, 15) is 13.6 Å². The topological polar surface area (TPSA) is 54.9 Å². The maximum atomic E-state index is 13.3. The summed E-state index contributed by atoms with van der Waals surface area (Å²) in [4.78, 5) is 21.7. The molecular weight excluding hydrogens is 388 g/mol. The van der Waals surface area contributed by atoms with Crippen molar-refractivity contribution in [1.29, 1.82) is 0 Å². The monoisotopic (exact) mass is 401 g/mol. The third-order valence-electron chi connectivity index (χ3n) is 3.90. The molecule has 4 aromatic rings. The predicted octanol–water partition coefficient (Wildman–Crippen LogP) is 5.18. The number of nitrogens with zero attached hydrogens (tertiary/aromatic N) is 2. The molecule has 2 heterocycles. The SMILES string of the molecule is Cc1nc(Cc2ccccc2)sc1C(=O)Nc1nc2cc(F)c(F)cc2s1. The van der Waals surface area contributed by atoms with Crippen LogP contribution in [-0.4, -0.2) is 15.9 Å². The molecular formula is C19H13F2N3OS2. The second-order valence-electron chi connectivity index (χ2n) is 5.89. The Morgan fingerprint density at radius 2 is 1.81 bits per heavy atom. The number of amides is 1. The minimum Gasteiger partial charge on any atom is -0.297 e. The van der Waals surface area contributed by atoms with E-state index in [1.165, 1.54) is 11.3 Å². The lowest BCUT2D eigenvalue weighted by Gasteiger charge is -1.98. The maximum absolute atomic E-state index is 13.3. The lowest BCUT2D eigenvalue weighted by atomic mass is 10.2. The van der Waals surface area contributed by atoms with Crippen LogP contribution in [0.1, 0.15) is 25.9 Å². The minimum absolute atomic E-state index is 0.289. The minimum atomic E-state index is -0.963. The molecule has 2 aromatic carbocycles. The zero-order valence-corrected chi connectivity index (χ0v) is 15.8. The molecule has 0 aliphatic carbocycles. The normalized spacial score (nSPS) is 11.1. The van der Waals surface area contributed by atoms with Crippen LogP contribution in [0.2, 0.25) is 0 Å². The van der Waals surface area contributed by atoms with E-state index in [2.05, 4.69) is 15.3 Å². The van der Waals surface area contributed by atoms with E-state index < -0.39 is 11.6 Å². The number of thiazole rings is 2. The number of nitrogens with one attached hydrogen (secondary N) is 1. The molecule has 0 bridgehead atoms. The average Bonchev–Trinajstić information content (AvgIpc) is 3.18. The number of benzene rings is 2. The summed E-state index contributed by atoms with van der Waals surface area (Å²) in [6.07, 6.45) is 0.652. The summed E-state index contributed by atoms with van der Waals surface area (Å²) in [6.45, 7) is 1.78. The molecule has 0 aliphatic heterocycles. The second-order valence-corrected chi connectivity index (χ2v) is 8.01. The van der Waals surface area contributed by atoms with Crippen LogP contribution >= 0.6 is 22.7 Å². The number of halogens is 2. The summed E-state index contributed by atoms with van der Waals surface area (Å²) >= 11 is 2.42. The van der Waals surface area contributed by atoms with Gasteiger partial charge >= 0.3 is 0 Å². The van der Waals surface area contributed by atoms with Crippen LogP contribution in [0.5, 0.6) is 0 Å². The molecule has 8 heteroatoms. The van der Waals surface area contributed by atoms with E-state index in [4.69, 9.17) is 0 Å². The van der Waals surface area contributed by atoms with Gasteiger partial charge in [0.1, 0.15) is 4.88 Å². The Morgan fingerprint density at radius 1 is 1.07 bits per heavy atom. The highest BCUT2D eigenvalue weighted by Crippen LogP contribution is 2.29. The molecule has 0 radical (unpaired) electrons. The van der Waals surface area contributed by atoms with Gasteiger partial charge in [0.25, 0.3) is 5.91 Å². The predicted molar refractivity (Wildman–Crippen MR) is 104 cm³/mol. The van der Waals surface area contributed by atoms with E-state index >= 15 is 0 Å². The lowest BCUT2D eigenvalue weighted by molar-refractivity contribution is 0.103. The Hall–Kier alpha value is -2.71. The van der Waals surface area contributed by atoms with Gasteiger partial charge in [0, 0.05) is 12.5 Å². The summed E-state index contributed by atoms with van der Waals surface area (Å²) in [5.41, 5.74) is 2.06. The highest BCUT2D eigenvalue weighted by atomic mass is 32.1. The summed E-state index contributed by atoms with van der Waals surface area (Å²) in [5.74, 6) is -2.23. The van der Waals surface area contributed by atoms with Gasteiger partial charge in [-0.15, -0.1) is 11.3 Å². The van der Waals surface area contributed by atoms with E-state index in [1.807, 2.05) is 30.3 Å².